The van der Waals surface area contributed by atoms with Crippen molar-refractivity contribution in [3.8, 4) is 0 Å². The summed E-state index contributed by atoms with van der Waals surface area (Å²) in [4.78, 5) is 0. The lowest BCUT2D eigenvalue weighted by Crippen LogP contribution is -2.15. The Hall–Kier alpha value is 0.110. The minimum absolute atomic E-state index is 0.529. The normalized spacial score (nSPS) is 59.1. The lowest BCUT2D eigenvalue weighted by Gasteiger charge is -2.22. The molecule has 0 N–H and O–H groups in total. The summed E-state index contributed by atoms with van der Waals surface area (Å²) >= 11 is 0. The van der Waals surface area contributed by atoms with Crippen molar-refractivity contribution in [2.24, 2.45) is 0 Å². The molecule has 0 amide bonds. The molecule has 3 unspecified atom stereocenters. The monoisotopic (exact) mass is 215 g/mol. The van der Waals surface area contributed by atoms with Crippen LogP contribution in [-0.2, 0) is 4.57 Å². The molecule has 0 aromatic carbocycles. The van der Waals surface area contributed by atoms with E-state index in [4.69, 9.17) is 0 Å². The maximum atomic E-state index is 12.9. The van der Waals surface area contributed by atoms with Crippen LogP contribution in [-0.4, -0.2) is 51.8 Å². The topological polar surface area (TPSA) is 26.1 Å². The Morgan fingerprint density at radius 2 is 1.07 bits per heavy atom. The molecule has 3 aliphatic rings. The van der Waals surface area contributed by atoms with Gasteiger partial charge in [-0.05, 0) is 20.8 Å². The van der Waals surface area contributed by atoms with Crippen LogP contribution in [0.3, 0.4) is 0 Å². The summed E-state index contributed by atoms with van der Waals surface area (Å²) in [6, 6.07) is 1.59. The number of rotatable bonds is 3. The Labute approximate surface area is 85.4 Å². The van der Waals surface area contributed by atoms with Crippen LogP contribution in [0.2, 0.25) is 0 Å². The van der Waals surface area contributed by atoms with Crippen molar-refractivity contribution >= 4 is 7.59 Å². The molecule has 4 nitrogen and oxygen atoms in total. The Bertz CT molecular complexity index is 274. The highest BCUT2D eigenvalue weighted by Crippen LogP contribution is 2.69. The Morgan fingerprint density at radius 3 is 1.21 bits per heavy atom. The van der Waals surface area contributed by atoms with Crippen molar-refractivity contribution in [2.75, 3.05) is 19.6 Å². The van der Waals surface area contributed by atoms with Gasteiger partial charge in [0.2, 0.25) is 0 Å². The van der Waals surface area contributed by atoms with Crippen LogP contribution in [0.5, 0.6) is 0 Å². The molecule has 0 saturated carbocycles. The van der Waals surface area contributed by atoms with E-state index < -0.39 is 7.59 Å². The SMILES string of the molecule is C[C@@H]1CN1P(=O)(N1C[C@H]1C)N1C[C@@H]1C. The van der Waals surface area contributed by atoms with E-state index >= 15 is 0 Å². The minimum Gasteiger partial charge on any atom is -0.270 e. The van der Waals surface area contributed by atoms with Crippen LogP contribution < -0.4 is 0 Å². The standard InChI is InChI=1S/C9H18N3OP/c1-7-4-10(7)14(13,11-5-8(11)2)12-6-9(12)3/h7-9H,4-6H2,1-3H3/t7-,8-,9+,10?,11?,12?,14?/m1/s1. The highest BCUT2D eigenvalue weighted by atomic mass is 31.2. The maximum absolute atomic E-state index is 12.9. The van der Waals surface area contributed by atoms with Crippen molar-refractivity contribution < 1.29 is 4.57 Å². The highest BCUT2D eigenvalue weighted by Gasteiger charge is 2.62. The highest BCUT2D eigenvalue weighted by molar-refractivity contribution is 7.57. The Morgan fingerprint density at radius 1 is 0.857 bits per heavy atom. The molecule has 3 heterocycles. The Kier molecular flexibility index (Phi) is 1.75. The molecule has 14 heavy (non-hydrogen) atoms. The van der Waals surface area contributed by atoms with Crippen LogP contribution >= 0.6 is 7.59 Å². The maximum Gasteiger partial charge on any atom is 0.287 e. The van der Waals surface area contributed by atoms with Crippen LogP contribution in [0, 0.1) is 0 Å². The molecule has 0 bridgehead atoms. The zero-order valence-corrected chi connectivity index (χ0v) is 9.94. The van der Waals surface area contributed by atoms with E-state index in [1.54, 1.807) is 0 Å². The van der Waals surface area contributed by atoms with Gasteiger partial charge in [0.1, 0.15) is 0 Å². The third-order valence-electron chi connectivity index (χ3n) is 3.48. The van der Waals surface area contributed by atoms with Crippen molar-refractivity contribution in [3.63, 3.8) is 0 Å². The fourth-order valence-electron chi connectivity index (χ4n) is 2.20. The predicted molar refractivity (Wildman–Crippen MR) is 56.1 cm³/mol. The fourth-order valence-corrected chi connectivity index (χ4v) is 5.98. The fraction of sp³-hybridized carbons (Fsp3) is 1.00. The molecule has 0 spiro atoms. The van der Waals surface area contributed by atoms with Gasteiger partial charge in [-0.15, -0.1) is 0 Å². The third kappa shape index (κ3) is 1.15. The van der Waals surface area contributed by atoms with Crippen LogP contribution in [0.15, 0.2) is 0 Å². The summed E-state index contributed by atoms with van der Waals surface area (Å²) in [5.41, 5.74) is 0. The van der Waals surface area contributed by atoms with Crippen LogP contribution in [0.1, 0.15) is 20.8 Å². The van der Waals surface area contributed by atoms with Crippen molar-refractivity contribution in [3.05, 3.63) is 0 Å². The Balaban J connectivity index is 1.84. The quantitative estimate of drug-likeness (QED) is 0.522. The first-order valence-electron chi connectivity index (χ1n) is 5.46. The molecule has 3 aliphatic heterocycles. The van der Waals surface area contributed by atoms with Crippen molar-refractivity contribution in [1.82, 2.24) is 14.0 Å². The molecular weight excluding hydrogens is 197 g/mol. The van der Waals surface area contributed by atoms with Gasteiger partial charge in [-0.2, -0.15) is 0 Å². The third-order valence-corrected chi connectivity index (χ3v) is 7.16. The predicted octanol–water partition coefficient (Wildman–Crippen LogP) is 1.21. The molecule has 0 aliphatic carbocycles. The average molecular weight is 215 g/mol. The second-order valence-electron chi connectivity index (χ2n) is 4.93. The van der Waals surface area contributed by atoms with Gasteiger partial charge >= 0.3 is 0 Å². The van der Waals surface area contributed by atoms with Crippen LogP contribution in [0.4, 0.5) is 0 Å². The average Bonchev–Trinajstić information content (AvgIpc) is 2.91. The lowest BCUT2D eigenvalue weighted by atomic mass is 10.6. The second kappa shape index (κ2) is 2.62. The summed E-state index contributed by atoms with van der Waals surface area (Å²) in [5, 5.41) is 0. The first kappa shape index (κ1) is 9.34. The molecule has 80 valence electrons. The molecule has 3 rings (SSSR count). The molecule has 0 radical (unpaired) electrons. The molecule has 5 heteroatoms. The first-order chi connectivity index (χ1) is 6.55. The van der Waals surface area contributed by atoms with Gasteiger partial charge < -0.3 is 0 Å². The first-order valence-corrected chi connectivity index (χ1v) is 7.03. The van der Waals surface area contributed by atoms with E-state index in [0.29, 0.717) is 18.1 Å². The summed E-state index contributed by atoms with van der Waals surface area (Å²) in [6.45, 7) is 9.54. The summed E-state index contributed by atoms with van der Waals surface area (Å²) in [5.74, 6) is 0. The number of hydrogen-bond acceptors (Lipinski definition) is 1. The molecule has 3 saturated heterocycles. The second-order valence-corrected chi connectivity index (χ2v) is 7.49. The van der Waals surface area contributed by atoms with E-state index in [-0.39, 0.29) is 0 Å². The molecule has 0 aromatic rings. The largest absolute Gasteiger partial charge is 0.287 e. The summed E-state index contributed by atoms with van der Waals surface area (Å²) < 4.78 is 19.5. The number of nitrogens with zero attached hydrogens (tertiary/aromatic N) is 3. The molecule has 3 fully saturated rings. The van der Waals surface area contributed by atoms with Gasteiger partial charge in [-0.25, -0.2) is 14.0 Å². The van der Waals surface area contributed by atoms with Gasteiger partial charge in [0, 0.05) is 37.8 Å². The molecule has 6 atom stereocenters. The van der Waals surface area contributed by atoms with Gasteiger partial charge in [0.25, 0.3) is 7.59 Å². The lowest BCUT2D eigenvalue weighted by molar-refractivity contribution is 0.462. The van der Waals surface area contributed by atoms with Gasteiger partial charge in [0.15, 0.2) is 0 Å². The van der Waals surface area contributed by atoms with Crippen LogP contribution in [0.25, 0.3) is 0 Å². The number of hydrogen-bond donors (Lipinski definition) is 0. The molecular formula is C9H18N3OP. The van der Waals surface area contributed by atoms with Crippen molar-refractivity contribution in [1.29, 1.82) is 0 Å². The summed E-state index contributed by atoms with van der Waals surface area (Å²) in [7, 11) is -2.27. The van der Waals surface area contributed by atoms with Crippen molar-refractivity contribution in [2.45, 2.75) is 38.9 Å². The van der Waals surface area contributed by atoms with Gasteiger partial charge in [0.05, 0.1) is 0 Å². The van der Waals surface area contributed by atoms with E-state index in [0.717, 1.165) is 19.6 Å². The summed E-state index contributed by atoms with van der Waals surface area (Å²) in [6.07, 6.45) is 0. The molecule has 0 aromatic heterocycles. The minimum atomic E-state index is -2.27. The van der Waals surface area contributed by atoms with Gasteiger partial charge in [-0.3, -0.25) is 4.57 Å². The van der Waals surface area contributed by atoms with E-state index in [1.165, 1.54) is 0 Å². The van der Waals surface area contributed by atoms with E-state index in [9.17, 15) is 4.57 Å². The zero-order chi connectivity index (χ0) is 10.1. The smallest absolute Gasteiger partial charge is 0.270 e. The van der Waals surface area contributed by atoms with E-state index in [1.807, 2.05) is 0 Å². The zero-order valence-electron chi connectivity index (χ0n) is 9.05. The van der Waals surface area contributed by atoms with Gasteiger partial charge in [-0.1, -0.05) is 0 Å². The van der Waals surface area contributed by atoms with E-state index in [2.05, 4.69) is 34.8 Å².